The molecule has 86 valence electrons. The van der Waals surface area contributed by atoms with Gasteiger partial charge in [-0.3, -0.25) is 4.79 Å². The smallest absolute Gasteiger partial charge is 0.251 e. The minimum Gasteiger partial charge on any atom is -0.366 e. The molecule has 0 unspecified atom stereocenters. The molecule has 0 aliphatic carbocycles. The molecule has 0 saturated heterocycles. The van der Waals surface area contributed by atoms with Crippen molar-refractivity contribution in [1.29, 1.82) is 0 Å². The lowest BCUT2D eigenvalue weighted by atomic mass is 10.2. The number of carbonyl (C=O) groups is 1. The average Bonchev–Trinajstić information content (AvgIpc) is 2.28. The Kier molecular flexibility index (Phi) is 3.26. The van der Waals surface area contributed by atoms with E-state index < -0.39 is 5.91 Å². The van der Waals surface area contributed by atoms with E-state index in [2.05, 4.69) is 9.97 Å². The van der Waals surface area contributed by atoms with E-state index >= 15 is 0 Å². The molecule has 1 aromatic carbocycles. The monoisotopic (exact) mass is 267 g/mol. The van der Waals surface area contributed by atoms with Gasteiger partial charge in [0, 0.05) is 28.0 Å². The SMILES string of the molecule is NC(=O)c1cnc(-c2cc(Cl)cc(Cl)c2)nc1. The molecule has 4 nitrogen and oxygen atoms in total. The molecule has 0 bridgehead atoms. The highest BCUT2D eigenvalue weighted by Crippen LogP contribution is 2.24. The van der Waals surface area contributed by atoms with Gasteiger partial charge in [-0.05, 0) is 18.2 Å². The number of primary amides is 1. The second-order valence-corrected chi connectivity index (χ2v) is 4.19. The molecule has 1 amide bonds. The van der Waals surface area contributed by atoms with E-state index in [-0.39, 0.29) is 5.56 Å². The van der Waals surface area contributed by atoms with E-state index in [1.54, 1.807) is 18.2 Å². The summed E-state index contributed by atoms with van der Waals surface area (Å²) < 4.78 is 0. The predicted octanol–water partition coefficient (Wildman–Crippen LogP) is 2.55. The molecule has 17 heavy (non-hydrogen) atoms. The Labute approximate surface area is 107 Å². The summed E-state index contributed by atoms with van der Waals surface area (Å²) in [6.45, 7) is 0. The fourth-order valence-corrected chi connectivity index (χ4v) is 1.81. The maximum Gasteiger partial charge on any atom is 0.251 e. The minimum absolute atomic E-state index is 0.252. The summed E-state index contributed by atoms with van der Waals surface area (Å²) in [4.78, 5) is 18.9. The van der Waals surface area contributed by atoms with Gasteiger partial charge in [0.2, 0.25) is 0 Å². The first-order chi connectivity index (χ1) is 8.06. The molecule has 2 N–H and O–H groups in total. The van der Waals surface area contributed by atoms with Crippen LogP contribution in [0, 0.1) is 0 Å². The number of nitrogens with zero attached hydrogens (tertiary/aromatic N) is 2. The van der Waals surface area contributed by atoms with Crippen molar-refractivity contribution in [3.05, 3.63) is 46.2 Å². The van der Waals surface area contributed by atoms with Crippen LogP contribution in [0.25, 0.3) is 11.4 Å². The maximum atomic E-state index is 10.9. The van der Waals surface area contributed by atoms with Crippen molar-refractivity contribution in [3.8, 4) is 11.4 Å². The fourth-order valence-electron chi connectivity index (χ4n) is 1.29. The van der Waals surface area contributed by atoms with E-state index in [0.717, 1.165) is 0 Å². The third-order valence-corrected chi connectivity index (χ3v) is 2.49. The van der Waals surface area contributed by atoms with Gasteiger partial charge in [0.05, 0.1) is 5.56 Å². The quantitative estimate of drug-likeness (QED) is 0.909. The Bertz CT molecular complexity index is 549. The zero-order chi connectivity index (χ0) is 12.4. The molecule has 0 fully saturated rings. The van der Waals surface area contributed by atoms with Crippen LogP contribution in [0.1, 0.15) is 10.4 Å². The maximum absolute atomic E-state index is 10.9. The highest BCUT2D eigenvalue weighted by molar-refractivity contribution is 6.35. The Balaban J connectivity index is 2.43. The van der Waals surface area contributed by atoms with Crippen LogP contribution in [-0.2, 0) is 0 Å². The molecular weight excluding hydrogens is 261 g/mol. The van der Waals surface area contributed by atoms with Crippen molar-refractivity contribution in [2.24, 2.45) is 5.73 Å². The molecule has 1 heterocycles. The van der Waals surface area contributed by atoms with Crippen molar-refractivity contribution in [1.82, 2.24) is 9.97 Å². The van der Waals surface area contributed by atoms with E-state index in [1.807, 2.05) is 0 Å². The number of benzene rings is 1. The topological polar surface area (TPSA) is 68.9 Å². The van der Waals surface area contributed by atoms with E-state index in [1.165, 1.54) is 12.4 Å². The molecule has 0 spiro atoms. The van der Waals surface area contributed by atoms with Crippen LogP contribution >= 0.6 is 23.2 Å². The minimum atomic E-state index is -0.569. The molecular formula is C11H7Cl2N3O. The number of aromatic nitrogens is 2. The lowest BCUT2D eigenvalue weighted by Crippen LogP contribution is -2.11. The first-order valence-corrected chi connectivity index (χ1v) is 5.40. The van der Waals surface area contributed by atoms with Crippen LogP contribution in [0.4, 0.5) is 0 Å². The van der Waals surface area contributed by atoms with Crippen LogP contribution in [-0.4, -0.2) is 15.9 Å². The summed E-state index contributed by atoms with van der Waals surface area (Å²) in [5.74, 6) is -0.139. The molecule has 2 aromatic rings. The van der Waals surface area contributed by atoms with E-state index in [9.17, 15) is 4.79 Å². The lowest BCUT2D eigenvalue weighted by Gasteiger charge is -2.02. The molecule has 2 rings (SSSR count). The Hall–Kier alpha value is -1.65. The lowest BCUT2D eigenvalue weighted by molar-refractivity contribution is 0.0999. The summed E-state index contributed by atoms with van der Waals surface area (Å²) in [5.41, 5.74) is 6.02. The van der Waals surface area contributed by atoms with Crippen molar-refractivity contribution >= 4 is 29.1 Å². The number of carbonyl (C=O) groups excluding carboxylic acids is 1. The number of amides is 1. The van der Waals surface area contributed by atoms with Crippen LogP contribution in [0.15, 0.2) is 30.6 Å². The molecule has 0 aliphatic heterocycles. The molecule has 0 radical (unpaired) electrons. The van der Waals surface area contributed by atoms with E-state index in [0.29, 0.717) is 21.4 Å². The molecule has 1 aromatic heterocycles. The zero-order valence-corrected chi connectivity index (χ0v) is 10.0. The van der Waals surface area contributed by atoms with Gasteiger partial charge >= 0.3 is 0 Å². The van der Waals surface area contributed by atoms with Crippen LogP contribution in [0.2, 0.25) is 10.0 Å². The first-order valence-electron chi connectivity index (χ1n) is 4.64. The van der Waals surface area contributed by atoms with E-state index in [4.69, 9.17) is 28.9 Å². The number of rotatable bonds is 2. The number of halogens is 2. The normalized spacial score (nSPS) is 10.2. The fraction of sp³-hybridized carbons (Fsp3) is 0. The molecule has 6 heteroatoms. The average molecular weight is 268 g/mol. The van der Waals surface area contributed by atoms with Crippen molar-refractivity contribution in [2.75, 3.05) is 0 Å². The van der Waals surface area contributed by atoms with Gasteiger partial charge < -0.3 is 5.73 Å². The summed E-state index contributed by atoms with van der Waals surface area (Å²) in [6, 6.07) is 4.99. The highest BCUT2D eigenvalue weighted by atomic mass is 35.5. The van der Waals surface area contributed by atoms with Crippen LogP contribution in [0.5, 0.6) is 0 Å². The second-order valence-electron chi connectivity index (χ2n) is 3.32. The molecule has 0 saturated carbocycles. The number of nitrogens with two attached hydrogens (primary N) is 1. The standard InChI is InChI=1S/C11H7Cl2N3O/c12-8-1-6(2-9(13)3-8)11-15-4-7(5-16-11)10(14)17/h1-5H,(H2,14,17). The largest absolute Gasteiger partial charge is 0.366 e. The summed E-state index contributed by atoms with van der Waals surface area (Å²) >= 11 is 11.7. The first kappa shape index (κ1) is 11.8. The third kappa shape index (κ3) is 2.72. The third-order valence-electron chi connectivity index (χ3n) is 2.06. The van der Waals surface area contributed by atoms with Crippen molar-refractivity contribution in [2.45, 2.75) is 0 Å². The van der Waals surface area contributed by atoms with Gasteiger partial charge in [-0.25, -0.2) is 9.97 Å². The molecule has 0 aliphatic rings. The van der Waals surface area contributed by atoms with Gasteiger partial charge in [0.15, 0.2) is 5.82 Å². The van der Waals surface area contributed by atoms with Gasteiger partial charge in [-0.2, -0.15) is 0 Å². The van der Waals surface area contributed by atoms with Gasteiger partial charge in [0.25, 0.3) is 5.91 Å². The van der Waals surface area contributed by atoms with Gasteiger partial charge in [0.1, 0.15) is 0 Å². The number of hydrogen-bond donors (Lipinski definition) is 1. The summed E-state index contributed by atoms with van der Waals surface area (Å²) in [6.07, 6.45) is 2.72. The van der Waals surface area contributed by atoms with Crippen LogP contribution in [0.3, 0.4) is 0 Å². The second kappa shape index (κ2) is 4.69. The number of hydrogen-bond acceptors (Lipinski definition) is 3. The van der Waals surface area contributed by atoms with Crippen molar-refractivity contribution in [3.63, 3.8) is 0 Å². The predicted molar refractivity (Wildman–Crippen MR) is 66.0 cm³/mol. The molecule has 0 atom stereocenters. The van der Waals surface area contributed by atoms with Crippen molar-refractivity contribution < 1.29 is 4.79 Å². The zero-order valence-electron chi connectivity index (χ0n) is 8.52. The Morgan fingerprint density at radius 3 is 2.06 bits per heavy atom. The van der Waals surface area contributed by atoms with Crippen LogP contribution < -0.4 is 5.73 Å². The van der Waals surface area contributed by atoms with Gasteiger partial charge in [-0.1, -0.05) is 23.2 Å². The Morgan fingerprint density at radius 2 is 1.59 bits per heavy atom. The Morgan fingerprint density at radius 1 is 1.06 bits per heavy atom. The summed E-state index contributed by atoms with van der Waals surface area (Å²) in [5, 5.41) is 0.991. The highest BCUT2D eigenvalue weighted by Gasteiger charge is 2.06. The summed E-state index contributed by atoms with van der Waals surface area (Å²) in [7, 11) is 0. The van der Waals surface area contributed by atoms with Gasteiger partial charge in [-0.15, -0.1) is 0 Å².